The monoisotopic (exact) mass is 356 g/mol. The molecule has 0 saturated carbocycles. The SMILES string of the molecule is CC1(C)OB(c2ccc(-c3ccccc3)c(-c3ccccc3)c2)OC1(C)C. The summed E-state index contributed by atoms with van der Waals surface area (Å²) in [6, 6.07) is 27.5. The van der Waals surface area contributed by atoms with Crippen LogP contribution >= 0.6 is 0 Å². The Bertz CT molecular complexity index is 917. The summed E-state index contributed by atoms with van der Waals surface area (Å²) < 4.78 is 12.5. The van der Waals surface area contributed by atoms with Gasteiger partial charge in [0.15, 0.2) is 0 Å². The molecule has 0 amide bonds. The van der Waals surface area contributed by atoms with Crippen molar-refractivity contribution in [3.05, 3.63) is 78.9 Å². The normalized spacial score (nSPS) is 17.9. The van der Waals surface area contributed by atoms with Crippen LogP contribution in [0.2, 0.25) is 0 Å². The molecule has 1 aliphatic heterocycles. The zero-order valence-corrected chi connectivity index (χ0v) is 16.4. The van der Waals surface area contributed by atoms with E-state index in [-0.39, 0.29) is 18.3 Å². The molecule has 1 aliphatic rings. The second-order valence-electron chi connectivity index (χ2n) is 8.13. The molecule has 1 saturated heterocycles. The average molecular weight is 356 g/mol. The molecule has 0 bridgehead atoms. The first-order valence-corrected chi connectivity index (χ1v) is 9.48. The van der Waals surface area contributed by atoms with E-state index in [0.29, 0.717) is 0 Å². The summed E-state index contributed by atoms with van der Waals surface area (Å²) in [5.74, 6) is 0. The summed E-state index contributed by atoms with van der Waals surface area (Å²) in [5, 5.41) is 0. The maximum atomic E-state index is 6.26. The molecule has 1 fully saturated rings. The maximum absolute atomic E-state index is 6.26. The van der Waals surface area contributed by atoms with E-state index < -0.39 is 0 Å². The minimum atomic E-state index is -0.359. The molecule has 3 aromatic rings. The molecule has 0 radical (unpaired) electrons. The number of hydrogen-bond donors (Lipinski definition) is 0. The Morgan fingerprint density at radius 3 is 1.59 bits per heavy atom. The summed E-state index contributed by atoms with van der Waals surface area (Å²) >= 11 is 0. The molecule has 136 valence electrons. The molecule has 0 N–H and O–H groups in total. The van der Waals surface area contributed by atoms with Crippen LogP contribution in [0.5, 0.6) is 0 Å². The third kappa shape index (κ3) is 3.33. The van der Waals surface area contributed by atoms with Gasteiger partial charge in [0, 0.05) is 0 Å². The van der Waals surface area contributed by atoms with E-state index in [1.54, 1.807) is 0 Å². The van der Waals surface area contributed by atoms with Gasteiger partial charge in [0.25, 0.3) is 0 Å². The van der Waals surface area contributed by atoms with Gasteiger partial charge in [-0.2, -0.15) is 0 Å². The summed E-state index contributed by atoms with van der Waals surface area (Å²) in [4.78, 5) is 0. The fourth-order valence-corrected chi connectivity index (χ4v) is 3.41. The lowest BCUT2D eigenvalue weighted by atomic mass is 9.76. The highest BCUT2D eigenvalue weighted by atomic mass is 16.7. The van der Waals surface area contributed by atoms with Crippen LogP contribution < -0.4 is 5.46 Å². The predicted molar refractivity (Wildman–Crippen MR) is 113 cm³/mol. The highest BCUT2D eigenvalue weighted by molar-refractivity contribution is 6.62. The van der Waals surface area contributed by atoms with E-state index in [9.17, 15) is 0 Å². The zero-order chi connectivity index (χ0) is 19.1. The largest absolute Gasteiger partial charge is 0.494 e. The van der Waals surface area contributed by atoms with Crippen LogP contribution in [-0.2, 0) is 9.31 Å². The van der Waals surface area contributed by atoms with Crippen molar-refractivity contribution in [2.75, 3.05) is 0 Å². The van der Waals surface area contributed by atoms with Gasteiger partial charge < -0.3 is 9.31 Å². The molecule has 0 atom stereocenters. The van der Waals surface area contributed by atoms with E-state index in [0.717, 1.165) is 5.46 Å². The lowest BCUT2D eigenvalue weighted by molar-refractivity contribution is 0.00578. The Morgan fingerprint density at radius 2 is 1.07 bits per heavy atom. The summed E-state index contributed by atoms with van der Waals surface area (Å²) in [6.07, 6.45) is 0. The van der Waals surface area contributed by atoms with E-state index in [4.69, 9.17) is 9.31 Å². The third-order valence-electron chi connectivity index (χ3n) is 5.74. The molecule has 27 heavy (non-hydrogen) atoms. The van der Waals surface area contributed by atoms with E-state index in [1.807, 2.05) is 12.1 Å². The molecular formula is C24H25BO2. The van der Waals surface area contributed by atoms with Gasteiger partial charge in [-0.15, -0.1) is 0 Å². The molecule has 0 unspecified atom stereocenters. The summed E-state index contributed by atoms with van der Waals surface area (Å²) in [7, 11) is -0.359. The lowest BCUT2D eigenvalue weighted by Crippen LogP contribution is -2.41. The fraction of sp³-hybridized carbons (Fsp3) is 0.250. The molecule has 3 aromatic carbocycles. The third-order valence-corrected chi connectivity index (χ3v) is 5.74. The Balaban J connectivity index is 1.81. The van der Waals surface area contributed by atoms with Gasteiger partial charge in [0.1, 0.15) is 0 Å². The number of benzene rings is 3. The van der Waals surface area contributed by atoms with E-state index >= 15 is 0 Å². The minimum Gasteiger partial charge on any atom is -0.399 e. The zero-order valence-electron chi connectivity index (χ0n) is 16.4. The second-order valence-corrected chi connectivity index (χ2v) is 8.13. The average Bonchev–Trinajstić information content (AvgIpc) is 2.90. The highest BCUT2D eigenvalue weighted by Crippen LogP contribution is 2.37. The molecule has 2 nitrogen and oxygen atoms in total. The molecule has 1 heterocycles. The van der Waals surface area contributed by atoms with Crippen LogP contribution in [0.25, 0.3) is 22.3 Å². The first kappa shape index (κ1) is 18.0. The summed E-state index contributed by atoms with van der Waals surface area (Å²) in [5.41, 5.74) is 5.15. The first-order chi connectivity index (χ1) is 12.9. The number of hydrogen-bond acceptors (Lipinski definition) is 2. The first-order valence-electron chi connectivity index (χ1n) is 9.48. The minimum absolute atomic E-state index is 0.345. The van der Waals surface area contributed by atoms with Crippen LogP contribution in [0.4, 0.5) is 0 Å². The van der Waals surface area contributed by atoms with Crippen LogP contribution in [0, 0.1) is 0 Å². The van der Waals surface area contributed by atoms with Crippen molar-refractivity contribution >= 4 is 12.6 Å². The standard InChI is InChI=1S/C24H25BO2/c1-23(2)24(3,4)27-25(26-23)20-15-16-21(18-11-7-5-8-12-18)22(17-20)19-13-9-6-10-14-19/h5-17H,1-4H3. The lowest BCUT2D eigenvalue weighted by Gasteiger charge is -2.32. The Labute approximate surface area is 162 Å². The molecule has 4 rings (SSSR count). The maximum Gasteiger partial charge on any atom is 0.494 e. The van der Waals surface area contributed by atoms with Crippen molar-refractivity contribution in [3.8, 4) is 22.3 Å². The van der Waals surface area contributed by atoms with Crippen LogP contribution in [-0.4, -0.2) is 18.3 Å². The smallest absolute Gasteiger partial charge is 0.399 e. The van der Waals surface area contributed by atoms with Gasteiger partial charge in [-0.25, -0.2) is 0 Å². The van der Waals surface area contributed by atoms with Gasteiger partial charge in [0.2, 0.25) is 0 Å². The van der Waals surface area contributed by atoms with Crippen molar-refractivity contribution in [1.29, 1.82) is 0 Å². The number of rotatable bonds is 3. The molecular weight excluding hydrogens is 331 g/mol. The molecule has 0 spiro atoms. The van der Waals surface area contributed by atoms with Crippen molar-refractivity contribution in [1.82, 2.24) is 0 Å². The fourth-order valence-electron chi connectivity index (χ4n) is 3.41. The predicted octanol–water partition coefficient (Wildman–Crippen LogP) is 5.32. The Kier molecular flexibility index (Phi) is 4.45. The Morgan fingerprint density at radius 1 is 0.593 bits per heavy atom. The van der Waals surface area contributed by atoms with Crippen molar-refractivity contribution in [3.63, 3.8) is 0 Å². The van der Waals surface area contributed by atoms with Gasteiger partial charge in [-0.1, -0.05) is 78.9 Å². The van der Waals surface area contributed by atoms with E-state index in [2.05, 4.69) is 94.4 Å². The Hall–Kier alpha value is -2.36. The van der Waals surface area contributed by atoms with Gasteiger partial charge in [0.05, 0.1) is 11.2 Å². The molecule has 0 aromatic heterocycles. The molecule has 0 aliphatic carbocycles. The van der Waals surface area contributed by atoms with Gasteiger partial charge in [-0.05, 0) is 55.4 Å². The van der Waals surface area contributed by atoms with Crippen molar-refractivity contribution < 1.29 is 9.31 Å². The summed E-state index contributed by atoms with van der Waals surface area (Å²) in [6.45, 7) is 8.35. The second kappa shape index (κ2) is 6.67. The van der Waals surface area contributed by atoms with Crippen molar-refractivity contribution in [2.45, 2.75) is 38.9 Å². The van der Waals surface area contributed by atoms with Crippen LogP contribution in [0.3, 0.4) is 0 Å². The quantitative estimate of drug-likeness (QED) is 0.592. The molecule has 3 heteroatoms. The van der Waals surface area contributed by atoms with Crippen LogP contribution in [0.1, 0.15) is 27.7 Å². The highest BCUT2D eigenvalue weighted by Gasteiger charge is 2.51. The van der Waals surface area contributed by atoms with Crippen molar-refractivity contribution in [2.24, 2.45) is 0 Å². The van der Waals surface area contributed by atoms with Gasteiger partial charge >= 0.3 is 7.12 Å². The van der Waals surface area contributed by atoms with Crippen LogP contribution in [0.15, 0.2) is 78.9 Å². The van der Waals surface area contributed by atoms with Gasteiger partial charge in [-0.3, -0.25) is 0 Å². The topological polar surface area (TPSA) is 18.5 Å². The van der Waals surface area contributed by atoms with E-state index in [1.165, 1.54) is 22.3 Å².